The number of nitrogens with zero attached hydrogens (tertiary/aromatic N) is 8. The molecule has 2 aromatic heterocycles. The number of amides is 6. The molecule has 8 heterocycles. The number of carbonyl (C=O) groups is 6. The number of ether oxygens (including phenoxy) is 1. The summed E-state index contributed by atoms with van der Waals surface area (Å²) in [5.41, 5.74) is 7.29. The molecular formula is C36H39N11O7S. The van der Waals surface area contributed by atoms with Gasteiger partial charge in [0.15, 0.2) is 17.1 Å². The van der Waals surface area contributed by atoms with Crippen molar-refractivity contribution in [1.82, 2.24) is 34.4 Å². The molecular weight excluding hydrogens is 731 g/mol. The molecule has 5 saturated heterocycles. The molecule has 286 valence electrons. The molecule has 6 aliphatic heterocycles. The summed E-state index contributed by atoms with van der Waals surface area (Å²) in [5.74, 6) is -1.54. The number of hydrogen-bond donors (Lipinski definition) is 3. The number of primary amides is 1. The van der Waals surface area contributed by atoms with E-state index in [1.165, 1.54) is 11.5 Å². The van der Waals surface area contributed by atoms with Crippen molar-refractivity contribution in [2.75, 3.05) is 67.5 Å². The Kier molecular flexibility index (Phi) is 8.45. The summed E-state index contributed by atoms with van der Waals surface area (Å²) in [6, 6.07) is 5.97. The van der Waals surface area contributed by atoms with Crippen LogP contribution in [0.1, 0.15) is 62.6 Å². The number of aryl methyl sites for hydroxylation is 1. The largest absolute Gasteiger partial charge is 0.438 e. The third kappa shape index (κ3) is 6.29. The molecule has 0 radical (unpaired) electrons. The highest BCUT2D eigenvalue weighted by Gasteiger charge is 2.55. The van der Waals surface area contributed by atoms with Crippen molar-refractivity contribution < 1.29 is 33.5 Å². The lowest BCUT2D eigenvalue weighted by molar-refractivity contribution is -0.136. The lowest BCUT2D eigenvalue weighted by Gasteiger charge is -2.50. The summed E-state index contributed by atoms with van der Waals surface area (Å²) in [5, 5.41) is 6.08. The number of anilines is 4. The predicted octanol–water partition coefficient (Wildman–Crippen LogP) is 1.10. The standard InChI is InChI=1S/C36H39N11O7S/c1-19-9-28(55-42-19)41-31-29(30(37)49)38-11-26(39-31)44-8-2-3-22(15-44)46-18-36(54-35(46)53)16-43(17-36)12-20-13-45(14-20)21-4-5-23-24(10-21)34(52)47(33(23)51)25-6-7-27(48)40-32(25)50/h4-5,9-11,20,22,25H,2-3,6-8,12-18H2,1H3,(H2,37,49)(H,39,41)(H,40,48,50)/t22-,25?/m1/s1. The highest BCUT2D eigenvalue weighted by Crippen LogP contribution is 2.38. The second-order valence-electron chi connectivity index (χ2n) is 15.3. The first-order chi connectivity index (χ1) is 26.4. The SMILES string of the molecule is Cc1cc(Nc2nc(N3CCC[C@@H](N4CC5(CN(CC6CN(c7ccc8c(c7)C(=O)N(C7CCC(=O)NC7=O)C8=O)C6)C5)OC4=O)C3)cnc2C(N)=O)sn1. The number of carbonyl (C=O) groups excluding carboxylic acids is 6. The predicted molar refractivity (Wildman–Crippen MR) is 197 cm³/mol. The molecule has 5 fully saturated rings. The number of nitrogens with two attached hydrogens (primary N) is 1. The van der Waals surface area contributed by atoms with Crippen LogP contribution < -0.4 is 26.2 Å². The molecule has 4 N–H and O–H groups in total. The maximum atomic E-state index is 13.3. The van der Waals surface area contributed by atoms with Crippen molar-refractivity contribution in [3.8, 4) is 0 Å². The number of fused-ring (bicyclic) bond motifs is 1. The molecule has 2 atom stereocenters. The van der Waals surface area contributed by atoms with E-state index in [0.29, 0.717) is 42.9 Å². The Morgan fingerprint density at radius 1 is 1.04 bits per heavy atom. The molecule has 6 aliphatic rings. The van der Waals surface area contributed by atoms with Gasteiger partial charge in [-0.3, -0.25) is 44.0 Å². The Balaban J connectivity index is 0.776. The molecule has 9 rings (SSSR count). The van der Waals surface area contributed by atoms with Crippen molar-refractivity contribution >= 4 is 69.5 Å². The Morgan fingerprint density at radius 2 is 1.84 bits per heavy atom. The van der Waals surface area contributed by atoms with Gasteiger partial charge in [-0.05, 0) is 62.0 Å². The van der Waals surface area contributed by atoms with Crippen LogP contribution in [0.15, 0.2) is 30.5 Å². The van der Waals surface area contributed by atoms with Crippen LogP contribution in [-0.2, 0) is 14.3 Å². The zero-order valence-electron chi connectivity index (χ0n) is 30.0. The fourth-order valence-electron chi connectivity index (χ4n) is 8.66. The van der Waals surface area contributed by atoms with Crippen LogP contribution in [0, 0.1) is 12.8 Å². The minimum atomic E-state index is -0.996. The van der Waals surface area contributed by atoms with Gasteiger partial charge in [0, 0.05) is 63.8 Å². The average Bonchev–Trinajstić information content (AvgIpc) is 3.78. The van der Waals surface area contributed by atoms with Gasteiger partial charge in [0.1, 0.15) is 16.9 Å². The number of nitrogens with one attached hydrogen (secondary N) is 2. The molecule has 18 nitrogen and oxygen atoms in total. The van der Waals surface area contributed by atoms with Gasteiger partial charge in [-0.1, -0.05) is 0 Å². The van der Waals surface area contributed by atoms with Crippen LogP contribution in [0.3, 0.4) is 0 Å². The number of likely N-dealkylation sites (tertiary alicyclic amines) is 1. The van der Waals surface area contributed by atoms with E-state index in [2.05, 4.69) is 34.7 Å². The highest BCUT2D eigenvalue weighted by atomic mass is 32.1. The summed E-state index contributed by atoms with van der Waals surface area (Å²) < 4.78 is 10.3. The molecule has 19 heteroatoms. The quantitative estimate of drug-likeness (QED) is 0.260. The minimum Gasteiger partial charge on any atom is -0.438 e. The number of rotatable bonds is 9. The molecule has 1 spiro atoms. The summed E-state index contributed by atoms with van der Waals surface area (Å²) in [7, 11) is 0. The highest BCUT2D eigenvalue weighted by molar-refractivity contribution is 7.10. The lowest BCUT2D eigenvalue weighted by atomic mass is 9.89. The first kappa shape index (κ1) is 35.0. The van der Waals surface area contributed by atoms with Crippen molar-refractivity contribution in [2.24, 2.45) is 11.7 Å². The topological polar surface area (TPSA) is 217 Å². The fraction of sp³-hybridized carbons (Fsp3) is 0.472. The van der Waals surface area contributed by atoms with Gasteiger partial charge in [0.05, 0.1) is 35.6 Å². The summed E-state index contributed by atoms with van der Waals surface area (Å²) in [6.07, 6.45) is 3.10. The number of piperidine rings is 2. The molecule has 55 heavy (non-hydrogen) atoms. The molecule has 0 saturated carbocycles. The Labute approximate surface area is 319 Å². The van der Waals surface area contributed by atoms with E-state index < -0.39 is 41.2 Å². The Bertz CT molecular complexity index is 2150. The fourth-order valence-corrected chi connectivity index (χ4v) is 9.33. The second kappa shape index (κ2) is 13.3. The van der Waals surface area contributed by atoms with E-state index in [1.54, 1.807) is 18.3 Å². The summed E-state index contributed by atoms with van der Waals surface area (Å²) in [4.78, 5) is 94.1. The molecule has 0 aliphatic carbocycles. The number of imide groups is 2. The van der Waals surface area contributed by atoms with Gasteiger partial charge in [0.25, 0.3) is 17.7 Å². The monoisotopic (exact) mass is 769 g/mol. The first-order valence-corrected chi connectivity index (χ1v) is 19.2. The third-order valence-electron chi connectivity index (χ3n) is 11.3. The van der Waals surface area contributed by atoms with Crippen LogP contribution in [0.5, 0.6) is 0 Å². The Morgan fingerprint density at radius 3 is 2.58 bits per heavy atom. The number of hydrogen-bond acceptors (Lipinski definition) is 15. The van der Waals surface area contributed by atoms with Crippen molar-refractivity contribution in [1.29, 1.82) is 0 Å². The molecule has 3 aromatic rings. The van der Waals surface area contributed by atoms with Crippen molar-refractivity contribution in [3.63, 3.8) is 0 Å². The number of aromatic nitrogens is 3. The zero-order valence-corrected chi connectivity index (χ0v) is 30.8. The smallest absolute Gasteiger partial charge is 0.410 e. The summed E-state index contributed by atoms with van der Waals surface area (Å²) in [6.45, 7) is 7.36. The van der Waals surface area contributed by atoms with E-state index in [9.17, 15) is 28.8 Å². The van der Waals surface area contributed by atoms with E-state index in [1.807, 2.05) is 24.0 Å². The van der Waals surface area contributed by atoms with E-state index in [-0.39, 0.29) is 47.6 Å². The zero-order chi connectivity index (χ0) is 38.2. The van der Waals surface area contributed by atoms with Crippen LogP contribution in [0.25, 0.3) is 0 Å². The van der Waals surface area contributed by atoms with Crippen molar-refractivity contribution in [3.05, 3.63) is 53.0 Å². The normalized spacial score (nSPS) is 23.8. The second-order valence-corrected chi connectivity index (χ2v) is 16.1. The van der Waals surface area contributed by atoms with E-state index >= 15 is 0 Å². The third-order valence-corrected chi connectivity index (χ3v) is 12.1. The minimum absolute atomic E-state index is 0.0371. The van der Waals surface area contributed by atoms with Crippen LogP contribution >= 0.6 is 11.5 Å². The molecule has 1 aromatic carbocycles. The van der Waals surface area contributed by atoms with Gasteiger partial charge >= 0.3 is 6.09 Å². The van der Waals surface area contributed by atoms with Gasteiger partial charge in [0.2, 0.25) is 11.8 Å². The van der Waals surface area contributed by atoms with Gasteiger partial charge in [-0.2, -0.15) is 4.37 Å². The summed E-state index contributed by atoms with van der Waals surface area (Å²) >= 11 is 1.25. The first-order valence-electron chi connectivity index (χ1n) is 18.4. The van der Waals surface area contributed by atoms with Gasteiger partial charge < -0.3 is 25.6 Å². The van der Waals surface area contributed by atoms with Crippen LogP contribution in [0.4, 0.5) is 27.1 Å². The molecule has 0 bridgehead atoms. The number of benzene rings is 1. The lowest BCUT2D eigenvalue weighted by Crippen LogP contribution is -2.66. The Hall–Kier alpha value is -5.69. The van der Waals surface area contributed by atoms with Crippen molar-refractivity contribution in [2.45, 2.75) is 50.3 Å². The van der Waals surface area contributed by atoms with E-state index in [0.717, 1.165) is 55.3 Å². The van der Waals surface area contributed by atoms with Crippen LogP contribution in [-0.4, -0.2) is 135 Å². The van der Waals surface area contributed by atoms with Gasteiger partial charge in [-0.25, -0.2) is 14.8 Å². The molecule has 6 amide bonds. The van der Waals surface area contributed by atoms with Gasteiger partial charge in [-0.15, -0.1) is 0 Å². The average molecular weight is 770 g/mol. The maximum absolute atomic E-state index is 13.3. The maximum Gasteiger partial charge on any atom is 0.410 e. The molecule has 1 unspecified atom stereocenters. The van der Waals surface area contributed by atoms with E-state index in [4.69, 9.17) is 15.5 Å². The van der Waals surface area contributed by atoms with Crippen LogP contribution in [0.2, 0.25) is 0 Å².